The van der Waals surface area contributed by atoms with Crippen molar-refractivity contribution in [3.8, 4) is 11.1 Å². The second kappa shape index (κ2) is 4.23. The molecule has 0 unspecified atom stereocenters. The number of halogens is 2. The number of hydrogen-bond donors (Lipinski definition) is 3. The van der Waals surface area contributed by atoms with Crippen LogP contribution in [0.2, 0.25) is 10.0 Å². The van der Waals surface area contributed by atoms with E-state index in [0.29, 0.717) is 10.0 Å². The summed E-state index contributed by atoms with van der Waals surface area (Å²) in [6.45, 7) is 0. The molecule has 3 aromatic rings. The molecule has 6 heteroatoms. The van der Waals surface area contributed by atoms with Gasteiger partial charge >= 0.3 is 0 Å². The molecule has 0 spiro atoms. The Kier molecular flexibility index (Phi) is 2.69. The number of benzene rings is 1. The fourth-order valence-electron chi connectivity index (χ4n) is 2.08. The minimum atomic E-state index is 0.522. The van der Waals surface area contributed by atoms with Gasteiger partial charge in [-0.05, 0) is 6.07 Å². The van der Waals surface area contributed by atoms with Crippen molar-refractivity contribution in [3.63, 3.8) is 0 Å². The van der Waals surface area contributed by atoms with Crippen LogP contribution in [-0.2, 0) is 0 Å². The van der Waals surface area contributed by atoms with Crippen molar-refractivity contribution >= 4 is 39.8 Å². The van der Waals surface area contributed by atoms with Gasteiger partial charge in [0.05, 0.1) is 21.8 Å². The molecule has 0 aliphatic heterocycles. The first kappa shape index (κ1) is 11.4. The second-order valence-corrected chi connectivity index (χ2v) is 4.69. The molecule has 3 rings (SSSR count). The quantitative estimate of drug-likeness (QED) is 0.667. The molecule has 1 aromatic carbocycles. The van der Waals surface area contributed by atoms with E-state index in [-0.39, 0.29) is 0 Å². The van der Waals surface area contributed by atoms with Gasteiger partial charge in [0.1, 0.15) is 0 Å². The highest BCUT2D eigenvalue weighted by atomic mass is 35.5. The van der Waals surface area contributed by atoms with Crippen molar-refractivity contribution in [2.75, 3.05) is 12.4 Å². The van der Waals surface area contributed by atoms with E-state index >= 15 is 0 Å². The number of aromatic nitrogens is 3. The first-order chi connectivity index (χ1) is 8.72. The van der Waals surface area contributed by atoms with E-state index < -0.39 is 0 Å². The molecule has 0 saturated heterocycles. The van der Waals surface area contributed by atoms with Crippen LogP contribution in [0.1, 0.15) is 0 Å². The predicted octanol–water partition coefficient (Wildman–Crippen LogP) is 3.91. The van der Waals surface area contributed by atoms with E-state index in [0.717, 1.165) is 27.7 Å². The van der Waals surface area contributed by atoms with Crippen LogP contribution in [0.15, 0.2) is 24.7 Å². The maximum atomic E-state index is 6.22. The number of H-pyrrole nitrogens is 2. The minimum Gasteiger partial charge on any atom is -0.388 e. The zero-order valence-electron chi connectivity index (χ0n) is 9.51. The standard InChI is InChI=1S/C12H10Cl2N4/c1-15-9-2-8(13)11(14)12-10(9)7(5-16-12)6-3-17-18-4-6/h2-5,15-16H,1H3,(H,17,18). The van der Waals surface area contributed by atoms with Crippen molar-refractivity contribution < 1.29 is 0 Å². The molecule has 0 saturated carbocycles. The molecule has 0 bridgehead atoms. The average Bonchev–Trinajstić information content (AvgIpc) is 3.01. The van der Waals surface area contributed by atoms with Gasteiger partial charge in [0, 0.05) is 41.6 Å². The first-order valence-corrected chi connectivity index (χ1v) is 6.14. The lowest BCUT2D eigenvalue weighted by Crippen LogP contribution is -1.90. The fourth-order valence-corrected chi connectivity index (χ4v) is 2.49. The molecule has 0 aliphatic rings. The number of fused-ring (bicyclic) bond motifs is 1. The third-order valence-electron chi connectivity index (χ3n) is 2.93. The van der Waals surface area contributed by atoms with E-state index in [1.165, 1.54) is 0 Å². The van der Waals surface area contributed by atoms with E-state index in [2.05, 4.69) is 20.5 Å². The summed E-state index contributed by atoms with van der Waals surface area (Å²) in [4.78, 5) is 3.16. The summed E-state index contributed by atoms with van der Waals surface area (Å²) in [5.74, 6) is 0. The van der Waals surface area contributed by atoms with Crippen LogP contribution in [0.25, 0.3) is 22.0 Å². The van der Waals surface area contributed by atoms with Crippen LogP contribution in [0.3, 0.4) is 0 Å². The first-order valence-electron chi connectivity index (χ1n) is 5.38. The van der Waals surface area contributed by atoms with Crippen LogP contribution >= 0.6 is 23.2 Å². The van der Waals surface area contributed by atoms with Crippen LogP contribution in [0.4, 0.5) is 5.69 Å². The summed E-state index contributed by atoms with van der Waals surface area (Å²) in [5.41, 5.74) is 3.78. The summed E-state index contributed by atoms with van der Waals surface area (Å²) < 4.78 is 0. The number of rotatable bonds is 2. The Morgan fingerprint density at radius 2 is 2.11 bits per heavy atom. The van der Waals surface area contributed by atoms with E-state index in [1.807, 2.05) is 25.5 Å². The number of hydrogen-bond acceptors (Lipinski definition) is 2. The van der Waals surface area contributed by atoms with Crippen LogP contribution in [0.5, 0.6) is 0 Å². The van der Waals surface area contributed by atoms with Gasteiger partial charge in [0.2, 0.25) is 0 Å². The van der Waals surface area contributed by atoms with Crippen LogP contribution in [0, 0.1) is 0 Å². The molecule has 0 radical (unpaired) electrons. The zero-order valence-corrected chi connectivity index (χ0v) is 11.0. The topological polar surface area (TPSA) is 56.5 Å². The molecule has 2 aromatic heterocycles. The molecule has 18 heavy (non-hydrogen) atoms. The van der Waals surface area contributed by atoms with Crippen molar-refractivity contribution in [1.82, 2.24) is 15.2 Å². The average molecular weight is 281 g/mol. The molecular weight excluding hydrogens is 271 g/mol. The SMILES string of the molecule is CNc1cc(Cl)c(Cl)c2[nH]cc(-c3cn[nH]c3)c12. The minimum absolute atomic E-state index is 0.522. The summed E-state index contributed by atoms with van der Waals surface area (Å²) in [6.07, 6.45) is 5.51. The summed E-state index contributed by atoms with van der Waals surface area (Å²) in [6, 6.07) is 1.82. The van der Waals surface area contributed by atoms with Crippen molar-refractivity contribution in [2.45, 2.75) is 0 Å². The Morgan fingerprint density at radius 3 is 2.78 bits per heavy atom. The second-order valence-electron chi connectivity index (χ2n) is 3.91. The molecule has 0 fully saturated rings. The third kappa shape index (κ3) is 1.57. The zero-order chi connectivity index (χ0) is 12.7. The van der Waals surface area contributed by atoms with E-state index in [1.54, 1.807) is 6.20 Å². The number of nitrogens with zero attached hydrogens (tertiary/aromatic N) is 1. The molecular formula is C12H10Cl2N4. The maximum absolute atomic E-state index is 6.22. The number of nitrogens with one attached hydrogen (secondary N) is 3. The molecule has 92 valence electrons. The van der Waals surface area contributed by atoms with Gasteiger partial charge in [0.25, 0.3) is 0 Å². The Morgan fingerprint density at radius 1 is 1.28 bits per heavy atom. The maximum Gasteiger partial charge on any atom is 0.0834 e. The molecule has 0 amide bonds. The van der Waals surface area contributed by atoms with E-state index in [4.69, 9.17) is 23.2 Å². The molecule has 3 N–H and O–H groups in total. The Hall–Kier alpha value is -1.65. The van der Waals surface area contributed by atoms with Gasteiger partial charge in [-0.1, -0.05) is 23.2 Å². The molecule has 0 atom stereocenters. The van der Waals surface area contributed by atoms with E-state index in [9.17, 15) is 0 Å². The van der Waals surface area contributed by atoms with Crippen molar-refractivity contribution in [1.29, 1.82) is 0 Å². The lowest BCUT2D eigenvalue weighted by atomic mass is 10.1. The van der Waals surface area contributed by atoms with Gasteiger partial charge in [-0.15, -0.1) is 0 Å². The monoisotopic (exact) mass is 280 g/mol. The lowest BCUT2D eigenvalue weighted by molar-refractivity contribution is 1.09. The van der Waals surface area contributed by atoms with Gasteiger partial charge in [-0.2, -0.15) is 5.10 Å². The van der Waals surface area contributed by atoms with Gasteiger partial charge in [-0.3, -0.25) is 5.10 Å². The van der Waals surface area contributed by atoms with Gasteiger partial charge in [-0.25, -0.2) is 0 Å². The fraction of sp³-hybridized carbons (Fsp3) is 0.0833. The highest BCUT2D eigenvalue weighted by Gasteiger charge is 2.15. The Labute approximate surface area is 113 Å². The lowest BCUT2D eigenvalue weighted by Gasteiger charge is -2.07. The summed E-state index contributed by atoms with van der Waals surface area (Å²) in [7, 11) is 1.85. The highest BCUT2D eigenvalue weighted by molar-refractivity contribution is 6.46. The molecule has 2 heterocycles. The Bertz CT molecular complexity index is 701. The number of anilines is 1. The third-order valence-corrected chi connectivity index (χ3v) is 3.72. The molecule has 0 aliphatic carbocycles. The van der Waals surface area contributed by atoms with Crippen LogP contribution in [-0.4, -0.2) is 22.2 Å². The normalized spacial score (nSPS) is 11.1. The summed E-state index contributed by atoms with van der Waals surface area (Å²) >= 11 is 12.3. The predicted molar refractivity (Wildman–Crippen MR) is 75.4 cm³/mol. The molecule has 4 nitrogen and oxygen atoms in total. The van der Waals surface area contributed by atoms with Crippen LogP contribution < -0.4 is 5.32 Å². The van der Waals surface area contributed by atoms with Crippen molar-refractivity contribution in [3.05, 3.63) is 34.7 Å². The Balaban J connectivity index is 2.39. The smallest absolute Gasteiger partial charge is 0.0834 e. The highest BCUT2D eigenvalue weighted by Crippen LogP contribution is 2.40. The summed E-state index contributed by atoms with van der Waals surface area (Å²) in [5, 5.41) is 12.0. The van der Waals surface area contributed by atoms with Gasteiger partial charge < -0.3 is 10.3 Å². The van der Waals surface area contributed by atoms with Crippen molar-refractivity contribution in [2.24, 2.45) is 0 Å². The largest absolute Gasteiger partial charge is 0.388 e. The number of aromatic amines is 2. The van der Waals surface area contributed by atoms with Gasteiger partial charge in [0.15, 0.2) is 0 Å².